The van der Waals surface area contributed by atoms with Gasteiger partial charge in [-0.3, -0.25) is 0 Å². The van der Waals surface area contributed by atoms with Gasteiger partial charge < -0.3 is 28.5 Å². The van der Waals surface area contributed by atoms with E-state index in [4.69, 9.17) is 23.4 Å². The molecule has 0 amide bonds. The standard InChI is InChI=1S/C20H22B2O6/c1-13-3-7-15(8-4-13)21-25-17-11-24-20(12-23)19(18(17)26-21)27-22(28-20)16-9-5-14(2)6-10-16/h3-10,17-19,23H,11-12H2,1-2H3/t17-,18-,19+,20+/m1/s1. The van der Waals surface area contributed by atoms with Gasteiger partial charge in [-0.15, -0.1) is 0 Å². The molecule has 0 aromatic heterocycles. The van der Waals surface area contributed by atoms with Crippen LogP contribution in [-0.4, -0.2) is 56.7 Å². The highest BCUT2D eigenvalue weighted by atomic mass is 16.8. The molecule has 2 aromatic rings. The first-order chi connectivity index (χ1) is 13.6. The minimum atomic E-state index is -1.25. The molecule has 3 aliphatic heterocycles. The summed E-state index contributed by atoms with van der Waals surface area (Å²) in [6, 6.07) is 16.0. The lowest BCUT2D eigenvalue weighted by molar-refractivity contribution is -0.270. The van der Waals surface area contributed by atoms with Gasteiger partial charge in [0.05, 0.1) is 25.4 Å². The third-order valence-electron chi connectivity index (χ3n) is 5.67. The minimum absolute atomic E-state index is 0.272. The summed E-state index contributed by atoms with van der Waals surface area (Å²) in [4.78, 5) is 0. The maximum Gasteiger partial charge on any atom is 0.496 e. The van der Waals surface area contributed by atoms with Crippen LogP contribution in [0.25, 0.3) is 0 Å². The molecule has 1 N–H and O–H groups in total. The van der Waals surface area contributed by atoms with Gasteiger partial charge in [-0.1, -0.05) is 59.7 Å². The second-order valence-electron chi connectivity index (χ2n) is 7.72. The van der Waals surface area contributed by atoms with Crippen molar-refractivity contribution in [2.45, 2.75) is 37.9 Å². The summed E-state index contributed by atoms with van der Waals surface area (Å²) >= 11 is 0. The molecule has 0 bridgehead atoms. The Morgan fingerprint density at radius 3 is 2.11 bits per heavy atom. The highest BCUT2D eigenvalue weighted by Gasteiger charge is 2.63. The van der Waals surface area contributed by atoms with Crippen molar-refractivity contribution in [2.75, 3.05) is 13.2 Å². The van der Waals surface area contributed by atoms with Gasteiger partial charge in [0.25, 0.3) is 0 Å². The molecule has 0 unspecified atom stereocenters. The lowest BCUT2D eigenvalue weighted by Crippen LogP contribution is -2.60. The Balaban J connectivity index is 1.39. The van der Waals surface area contributed by atoms with E-state index in [0.29, 0.717) is 0 Å². The van der Waals surface area contributed by atoms with Crippen LogP contribution in [0.15, 0.2) is 48.5 Å². The summed E-state index contributed by atoms with van der Waals surface area (Å²) in [6.45, 7) is 4.02. The molecule has 6 nitrogen and oxygen atoms in total. The summed E-state index contributed by atoms with van der Waals surface area (Å²) in [5.41, 5.74) is 4.15. The molecule has 3 saturated heterocycles. The summed E-state index contributed by atoms with van der Waals surface area (Å²) < 4.78 is 30.5. The molecule has 0 spiro atoms. The van der Waals surface area contributed by atoms with Gasteiger partial charge in [0.1, 0.15) is 6.10 Å². The molecule has 0 aliphatic carbocycles. The van der Waals surface area contributed by atoms with Crippen LogP contribution in [-0.2, 0) is 23.4 Å². The number of benzene rings is 2. The second kappa shape index (κ2) is 6.99. The van der Waals surface area contributed by atoms with E-state index < -0.39 is 26.1 Å². The number of hydrogen-bond acceptors (Lipinski definition) is 6. The molecule has 8 heteroatoms. The summed E-state index contributed by atoms with van der Waals surface area (Å²) in [6.07, 6.45) is -1.25. The quantitative estimate of drug-likeness (QED) is 0.774. The summed E-state index contributed by atoms with van der Waals surface area (Å²) in [5, 5.41) is 10.1. The number of ether oxygens (including phenoxy) is 1. The molecule has 0 radical (unpaired) electrons. The van der Waals surface area contributed by atoms with E-state index in [2.05, 4.69) is 0 Å². The first-order valence-corrected chi connectivity index (χ1v) is 9.60. The molecule has 28 heavy (non-hydrogen) atoms. The van der Waals surface area contributed by atoms with Crippen LogP contribution in [0, 0.1) is 13.8 Å². The Kier molecular flexibility index (Phi) is 4.58. The Labute approximate surface area is 165 Å². The highest BCUT2D eigenvalue weighted by Crippen LogP contribution is 2.40. The van der Waals surface area contributed by atoms with Crippen molar-refractivity contribution in [1.29, 1.82) is 0 Å². The van der Waals surface area contributed by atoms with Crippen LogP contribution in [0.2, 0.25) is 0 Å². The van der Waals surface area contributed by atoms with E-state index in [-0.39, 0.29) is 25.4 Å². The zero-order valence-electron chi connectivity index (χ0n) is 15.9. The highest BCUT2D eigenvalue weighted by molar-refractivity contribution is 6.62. The van der Waals surface area contributed by atoms with Crippen LogP contribution in [0.1, 0.15) is 11.1 Å². The maximum atomic E-state index is 10.1. The monoisotopic (exact) mass is 380 g/mol. The third kappa shape index (κ3) is 3.01. The molecular formula is C20H22B2O6. The van der Waals surface area contributed by atoms with Crippen molar-refractivity contribution < 1.29 is 28.5 Å². The first kappa shape index (κ1) is 18.4. The predicted octanol–water partition coefficient (Wildman–Crippen LogP) is 0.312. The van der Waals surface area contributed by atoms with Crippen LogP contribution in [0.5, 0.6) is 0 Å². The molecule has 4 atom stereocenters. The van der Waals surface area contributed by atoms with E-state index in [1.807, 2.05) is 62.4 Å². The summed E-state index contributed by atoms with van der Waals surface area (Å²) in [7, 11) is -1.12. The van der Waals surface area contributed by atoms with Gasteiger partial charge in [-0.05, 0) is 24.8 Å². The van der Waals surface area contributed by atoms with Crippen molar-refractivity contribution >= 4 is 25.2 Å². The Morgan fingerprint density at radius 2 is 1.50 bits per heavy atom. The fraction of sp³-hybridized carbons (Fsp3) is 0.400. The zero-order chi connectivity index (χ0) is 19.3. The number of rotatable bonds is 3. The van der Waals surface area contributed by atoms with Gasteiger partial charge >= 0.3 is 14.2 Å². The van der Waals surface area contributed by atoms with Gasteiger partial charge in [-0.2, -0.15) is 0 Å². The van der Waals surface area contributed by atoms with Crippen LogP contribution >= 0.6 is 0 Å². The number of aryl methyl sites for hydroxylation is 2. The summed E-state index contributed by atoms with van der Waals surface area (Å²) in [5.74, 6) is -1.25. The van der Waals surface area contributed by atoms with Crippen LogP contribution in [0.4, 0.5) is 0 Å². The maximum absolute atomic E-state index is 10.1. The van der Waals surface area contributed by atoms with Crippen molar-refractivity contribution in [3.63, 3.8) is 0 Å². The van der Waals surface area contributed by atoms with E-state index in [9.17, 15) is 5.11 Å². The normalized spacial score (nSPS) is 31.8. The molecule has 2 aromatic carbocycles. The molecule has 3 heterocycles. The lowest BCUT2D eigenvalue weighted by atomic mass is 9.79. The van der Waals surface area contributed by atoms with E-state index in [1.54, 1.807) is 0 Å². The SMILES string of the molecule is Cc1ccc(B2O[C@@H]3[C@@H](CO[C@@]4(CO)OB(c5ccc(C)cc5)O[C@@H]34)O2)cc1. The van der Waals surface area contributed by atoms with Gasteiger partial charge in [-0.25, -0.2) is 0 Å². The average molecular weight is 380 g/mol. The smallest absolute Gasteiger partial charge is 0.399 e. The predicted molar refractivity (Wildman–Crippen MR) is 105 cm³/mol. The van der Waals surface area contributed by atoms with Crippen molar-refractivity contribution in [3.8, 4) is 0 Å². The fourth-order valence-electron chi connectivity index (χ4n) is 4.00. The van der Waals surface area contributed by atoms with E-state index in [0.717, 1.165) is 16.5 Å². The Bertz CT molecular complexity index is 845. The number of hydrogen-bond donors (Lipinski definition) is 1. The van der Waals surface area contributed by atoms with Crippen molar-refractivity contribution in [3.05, 3.63) is 59.7 Å². The van der Waals surface area contributed by atoms with Crippen LogP contribution < -0.4 is 10.9 Å². The Morgan fingerprint density at radius 1 is 0.893 bits per heavy atom. The molecule has 0 saturated carbocycles. The third-order valence-corrected chi connectivity index (χ3v) is 5.67. The minimum Gasteiger partial charge on any atom is -0.399 e. The number of aliphatic hydroxyl groups is 1. The topological polar surface area (TPSA) is 66.4 Å². The molecule has 3 aliphatic rings. The van der Waals surface area contributed by atoms with Gasteiger partial charge in [0.2, 0.25) is 5.79 Å². The average Bonchev–Trinajstić information content (AvgIpc) is 3.31. The molecular weight excluding hydrogens is 358 g/mol. The molecule has 144 valence electrons. The van der Waals surface area contributed by atoms with Gasteiger partial charge in [0.15, 0.2) is 0 Å². The van der Waals surface area contributed by atoms with Gasteiger partial charge in [0, 0.05) is 0 Å². The largest absolute Gasteiger partial charge is 0.496 e. The van der Waals surface area contributed by atoms with Crippen molar-refractivity contribution in [2.24, 2.45) is 0 Å². The van der Waals surface area contributed by atoms with Crippen LogP contribution in [0.3, 0.4) is 0 Å². The van der Waals surface area contributed by atoms with Crippen molar-refractivity contribution in [1.82, 2.24) is 0 Å². The second-order valence-corrected chi connectivity index (χ2v) is 7.72. The van der Waals surface area contributed by atoms with E-state index in [1.165, 1.54) is 5.56 Å². The number of fused-ring (bicyclic) bond motifs is 3. The molecule has 3 fully saturated rings. The first-order valence-electron chi connectivity index (χ1n) is 9.60. The molecule has 5 rings (SSSR count). The lowest BCUT2D eigenvalue weighted by Gasteiger charge is -2.41. The fourth-order valence-corrected chi connectivity index (χ4v) is 4.00. The van der Waals surface area contributed by atoms with E-state index >= 15 is 0 Å². The zero-order valence-corrected chi connectivity index (χ0v) is 15.9. The Hall–Kier alpha value is -1.67. The number of aliphatic hydroxyl groups excluding tert-OH is 1.